The Labute approximate surface area is 144 Å². The van der Waals surface area contributed by atoms with E-state index < -0.39 is 0 Å². The van der Waals surface area contributed by atoms with Crippen molar-refractivity contribution in [2.45, 2.75) is 6.42 Å². The Balaban J connectivity index is 1.68. The molecular formula is C14H11BrClN5O2. The van der Waals surface area contributed by atoms with Crippen LogP contribution in [-0.4, -0.2) is 39.1 Å². The van der Waals surface area contributed by atoms with Crippen LogP contribution in [0.1, 0.15) is 16.2 Å². The molecule has 0 spiro atoms. The molecule has 0 bridgehead atoms. The number of carbonyl (C=O) groups is 1. The van der Waals surface area contributed by atoms with Gasteiger partial charge in [-0.1, -0.05) is 11.6 Å². The molecule has 1 amide bonds. The highest BCUT2D eigenvalue weighted by atomic mass is 79.9. The van der Waals surface area contributed by atoms with Crippen LogP contribution in [0, 0.1) is 0 Å². The molecule has 118 valence electrons. The molecule has 0 saturated heterocycles. The fourth-order valence-electron chi connectivity index (χ4n) is 2.66. The number of amides is 1. The molecule has 1 aliphatic heterocycles. The van der Waals surface area contributed by atoms with Gasteiger partial charge in [0.15, 0.2) is 16.0 Å². The highest BCUT2D eigenvalue weighted by molar-refractivity contribution is 9.10. The first kappa shape index (κ1) is 14.5. The number of hydrogen-bond donors (Lipinski definition) is 0. The molecule has 0 fully saturated rings. The lowest BCUT2D eigenvalue weighted by molar-refractivity contribution is 0.0728. The number of nitrogens with zero attached hydrogens (tertiary/aromatic N) is 5. The van der Waals surface area contributed by atoms with Crippen molar-refractivity contribution in [2.24, 2.45) is 0 Å². The molecule has 0 radical (unpaired) electrons. The summed E-state index contributed by atoms with van der Waals surface area (Å²) in [6, 6.07) is 3.49. The van der Waals surface area contributed by atoms with E-state index in [4.69, 9.17) is 16.0 Å². The van der Waals surface area contributed by atoms with E-state index in [-0.39, 0.29) is 5.91 Å². The molecule has 0 aromatic carbocycles. The molecule has 0 aliphatic carbocycles. The average molecular weight is 397 g/mol. The van der Waals surface area contributed by atoms with Crippen LogP contribution in [0.3, 0.4) is 0 Å². The second-order valence-corrected chi connectivity index (χ2v) is 6.38. The zero-order valence-electron chi connectivity index (χ0n) is 12.0. The van der Waals surface area contributed by atoms with Gasteiger partial charge in [-0.3, -0.25) is 9.80 Å². The molecule has 1 aliphatic rings. The maximum absolute atomic E-state index is 12.8. The van der Waals surface area contributed by atoms with Crippen molar-refractivity contribution in [3.8, 4) is 0 Å². The van der Waals surface area contributed by atoms with Gasteiger partial charge in [-0.2, -0.15) is 5.10 Å². The van der Waals surface area contributed by atoms with Crippen molar-refractivity contribution >= 4 is 44.8 Å². The summed E-state index contributed by atoms with van der Waals surface area (Å²) >= 11 is 9.21. The number of hydrazine groups is 1. The number of anilines is 1. The Morgan fingerprint density at radius 2 is 2.26 bits per heavy atom. The Morgan fingerprint density at radius 1 is 1.43 bits per heavy atom. The monoisotopic (exact) mass is 395 g/mol. The lowest BCUT2D eigenvalue weighted by Crippen LogP contribution is -2.48. The first-order valence-electron chi connectivity index (χ1n) is 6.87. The van der Waals surface area contributed by atoms with Gasteiger partial charge in [0.1, 0.15) is 5.76 Å². The molecule has 9 heteroatoms. The summed E-state index contributed by atoms with van der Waals surface area (Å²) in [5.41, 5.74) is 1.75. The number of halogens is 2. The van der Waals surface area contributed by atoms with E-state index in [9.17, 15) is 4.79 Å². The van der Waals surface area contributed by atoms with Gasteiger partial charge in [0.2, 0.25) is 0 Å². The highest BCUT2D eigenvalue weighted by Gasteiger charge is 2.30. The standard InChI is InChI=1S/C14H11BrClN5O2/c1-19-10-5-12(15)23-11(10)2-3-21(19)14(22)9-4-13-17-6-8(16)7-20(13)18-9/h4-7H,2-3H2,1H3. The SMILES string of the molecule is CN1c2cc(Br)oc2CCN1C(=O)c1cc2ncc(Cl)cn2n1. The summed E-state index contributed by atoms with van der Waals surface area (Å²) in [6.45, 7) is 0.518. The fourth-order valence-corrected chi connectivity index (χ4v) is 3.21. The van der Waals surface area contributed by atoms with Crippen LogP contribution in [0.2, 0.25) is 5.02 Å². The Morgan fingerprint density at radius 3 is 3.09 bits per heavy atom. The number of aromatic nitrogens is 3. The minimum atomic E-state index is -0.197. The summed E-state index contributed by atoms with van der Waals surface area (Å²) in [4.78, 5) is 16.9. The first-order chi connectivity index (χ1) is 11.0. The van der Waals surface area contributed by atoms with E-state index in [1.807, 2.05) is 13.1 Å². The summed E-state index contributed by atoms with van der Waals surface area (Å²) < 4.78 is 7.71. The second-order valence-electron chi connectivity index (χ2n) is 5.17. The minimum Gasteiger partial charge on any atom is -0.452 e. The van der Waals surface area contributed by atoms with Crippen molar-refractivity contribution in [3.63, 3.8) is 0 Å². The van der Waals surface area contributed by atoms with Crippen LogP contribution < -0.4 is 5.01 Å². The zero-order valence-corrected chi connectivity index (χ0v) is 14.4. The van der Waals surface area contributed by atoms with Gasteiger partial charge in [0.25, 0.3) is 5.91 Å². The van der Waals surface area contributed by atoms with E-state index in [0.717, 1.165) is 11.4 Å². The summed E-state index contributed by atoms with van der Waals surface area (Å²) in [6.07, 6.45) is 3.79. The van der Waals surface area contributed by atoms with Crippen LogP contribution in [-0.2, 0) is 6.42 Å². The topological polar surface area (TPSA) is 66.9 Å². The third-order valence-electron chi connectivity index (χ3n) is 3.75. The van der Waals surface area contributed by atoms with Gasteiger partial charge in [-0.25, -0.2) is 14.5 Å². The Kier molecular flexibility index (Phi) is 3.31. The average Bonchev–Trinajstić information content (AvgIpc) is 3.09. The van der Waals surface area contributed by atoms with Crippen molar-refractivity contribution in [1.29, 1.82) is 0 Å². The molecular weight excluding hydrogens is 386 g/mol. The fraction of sp³-hybridized carbons (Fsp3) is 0.214. The number of hydrogen-bond acceptors (Lipinski definition) is 5. The maximum Gasteiger partial charge on any atom is 0.292 e. The third-order valence-corrected chi connectivity index (χ3v) is 4.34. The molecule has 3 aromatic heterocycles. The van der Waals surface area contributed by atoms with Gasteiger partial charge in [0.05, 0.1) is 23.5 Å². The van der Waals surface area contributed by atoms with Gasteiger partial charge < -0.3 is 4.42 Å². The lowest BCUT2D eigenvalue weighted by Gasteiger charge is -2.35. The lowest BCUT2D eigenvalue weighted by atomic mass is 10.2. The van der Waals surface area contributed by atoms with E-state index >= 15 is 0 Å². The molecule has 4 heterocycles. The molecule has 0 unspecified atom stereocenters. The predicted molar refractivity (Wildman–Crippen MR) is 87.5 cm³/mol. The number of rotatable bonds is 1. The third kappa shape index (κ3) is 2.38. The molecule has 23 heavy (non-hydrogen) atoms. The minimum absolute atomic E-state index is 0.197. The van der Waals surface area contributed by atoms with Gasteiger partial charge in [0, 0.05) is 31.8 Å². The van der Waals surface area contributed by atoms with Crippen LogP contribution in [0.25, 0.3) is 5.65 Å². The molecule has 0 N–H and O–H groups in total. The van der Waals surface area contributed by atoms with Gasteiger partial charge >= 0.3 is 0 Å². The largest absolute Gasteiger partial charge is 0.452 e. The van der Waals surface area contributed by atoms with Crippen LogP contribution in [0.5, 0.6) is 0 Å². The summed E-state index contributed by atoms with van der Waals surface area (Å²) in [7, 11) is 1.82. The zero-order chi connectivity index (χ0) is 16.1. The summed E-state index contributed by atoms with van der Waals surface area (Å²) in [5, 5.41) is 8.13. The Bertz CT molecular complexity index is 921. The van der Waals surface area contributed by atoms with E-state index in [1.54, 1.807) is 22.3 Å². The van der Waals surface area contributed by atoms with Crippen molar-refractivity contribution in [2.75, 3.05) is 18.6 Å². The second kappa shape index (κ2) is 5.24. The van der Waals surface area contributed by atoms with Crippen molar-refractivity contribution in [3.05, 3.63) is 45.7 Å². The molecule has 3 aromatic rings. The van der Waals surface area contributed by atoms with Gasteiger partial charge in [-0.15, -0.1) is 0 Å². The van der Waals surface area contributed by atoms with Crippen LogP contribution >= 0.6 is 27.5 Å². The highest BCUT2D eigenvalue weighted by Crippen LogP contribution is 2.32. The molecule has 7 nitrogen and oxygen atoms in total. The number of furan rings is 1. The number of fused-ring (bicyclic) bond motifs is 2. The van der Waals surface area contributed by atoms with E-state index in [1.165, 1.54) is 10.7 Å². The molecule has 0 atom stereocenters. The predicted octanol–water partition coefficient (Wildman–Crippen LogP) is 2.79. The van der Waals surface area contributed by atoms with E-state index in [0.29, 0.717) is 34.0 Å². The van der Waals surface area contributed by atoms with Gasteiger partial charge in [-0.05, 0) is 15.9 Å². The Hall–Kier alpha value is -2.06. The van der Waals surface area contributed by atoms with Crippen LogP contribution in [0.4, 0.5) is 5.69 Å². The van der Waals surface area contributed by atoms with Crippen LogP contribution in [0.15, 0.2) is 33.6 Å². The number of carbonyl (C=O) groups excluding carboxylic acids is 1. The molecule has 4 rings (SSSR count). The van der Waals surface area contributed by atoms with Crippen molar-refractivity contribution < 1.29 is 9.21 Å². The van der Waals surface area contributed by atoms with E-state index in [2.05, 4.69) is 26.0 Å². The normalized spacial score (nSPS) is 14.4. The quantitative estimate of drug-likeness (QED) is 0.633. The molecule has 0 saturated carbocycles. The van der Waals surface area contributed by atoms with Crippen molar-refractivity contribution in [1.82, 2.24) is 19.6 Å². The first-order valence-corrected chi connectivity index (χ1v) is 8.04. The maximum atomic E-state index is 12.8. The summed E-state index contributed by atoms with van der Waals surface area (Å²) in [5.74, 6) is 0.656. The smallest absolute Gasteiger partial charge is 0.292 e.